The second kappa shape index (κ2) is 10.7. The van der Waals surface area contributed by atoms with Gasteiger partial charge in [0.25, 0.3) is 0 Å². The molecule has 0 aliphatic carbocycles. The van der Waals surface area contributed by atoms with E-state index in [1.165, 1.54) is 17.5 Å². The van der Waals surface area contributed by atoms with Crippen molar-refractivity contribution in [2.45, 2.75) is 19.1 Å². The summed E-state index contributed by atoms with van der Waals surface area (Å²) >= 11 is 6.60. The second-order valence-electron chi connectivity index (χ2n) is 8.38. The van der Waals surface area contributed by atoms with Crippen molar-refractivity contribution in [1.82, 2.24) is 15.3 Å². The Kier molecular flexibility index (Phi) is 7.07. The van der Waals surface area contributed by atoms with Crippen LogP contribution in [0.5, 0.6) is 11.5 Å². The topological polar surface area (TPSA) is 56.3 Å². The molecule has 1 atom stereocenters. The van der Waals surface area contributed by atoms with Gasteiger partial charge in [-0.25, -0.2) is 9.97 Å². The van der Waals surface area contributed by atoms with E-state index in [1.54, 1.807) is 19.5 Å². The Bertz CT molecular complexity index is 1330. The van der Waals surface area contributed by atoms with Crippen LogP contribution in [0.15, 0.2) is 85.5 Å². The number of nitrogens with one attached hydrogen (secondary N) is 1. The Hall–Kier alpha value is -3.67. The Morgan fingerprint density at radius 2 is 1.83 bits per heavy atom. The van der Waals surface area contributed by atoms with Crippen LogP contribution in [0.25, 0.3) is 17.2 Å². The quantitative estimate of drug-likeness (QED) is 0.335. The fraction of sp³-hybridized carbons (Fsp3) is 0.172. The molecule has 3 aromatic carbocycles. The van der Waals surface area contributed by atoms with Gasteiger partial charge >= 0.3 is 0 Å². The highest BCUT2D eigenvalue weighted by Gasteiger charge is 2.21. The van der Waals surface area contributed by atoms with Crippen LogP contribution >= 0.6 is 11.6 Å². The lowest BCUT2D eigenvalue weighted by atomic mass is 9.93. The van der Waals surface area contributed by atoms with Crippen LogP contribution in [0.2, 0.25) is 5.02 Å². The van der Waals surface area contributed by atoms with Crippen molar-refractivity contribution in [3.63, 3.8) is 0 Å². The number of hydrogen-bond donors (Lipinski definition) is 1. The fourth-order valence-electron chi connectivity index (χ4n) is 4.27. The summed E-state index contributed by atoms with van der Waals surface area (Å²) in [5.74, 6) is 1.50. The first-order valence-electron chi connectivity index (χ1n) is 11.6. The highest BCUT2D eigenvalue weighted by Crippen LogP contribution is 2.36. The van der Waals surface area contributed by atoms with Crippen LogP contribution in [-0.2, 0) is 13.0 Å². The molecule has 1 aromatic heterocycles. The standard InChI is InChI=1S/C29H26ClN3O2/c1-34-28-15-25-23(14-29(28)35-18-20-5-3-2-4-6-20)11-12-33-27(25)10-9-21-7-8-22(13-26(21)30)24-16-31-19-32-17-24/h2-10,13-17,19,27,33H,11-12,18H2,1H3/b10-9+. The Morgan fingerprint density at radius 1 is 1.00 bits per heavy atom. The van der Waals surface area contributed by atoms with Crippen LogP contribution in [0.1, 0.15) is 28.3 Å². The van der Waals surface area contributed by atoms with Crippen molar-refractivity contribution in [3.05, 3.63) is 113 Å². The third-order valence-corrected chi connectivity index (χ3v) is 6.45. The molecule has 0 saturated carbocycles. The van der Waals surface area contributed by atoms with E-state index >= 15 is 0 Å². The average molecular weight is 484 g/mol. The molecular weight excluding hydrogens is 458 g/mol. The number of rotatable bonds is 7. The number of halogens is 1. The molecule has 1 unspecified atom stereocenters. The number of aromatic nitrogens is 2. The lowest BCUT2D eigenvalue weighted by Gasteiger charge is -2.26. The zero-order valence-electron chi connectivity index (χ0n) is 19.4. The van der Waals surface area contributed by atoms with E-state index in [1.807, 2.05) is 36.4 Å². The molecule has 5 rings (SSSR count). The molecule has 176 valence electrons. The van der Waals surface area contributed by atoms with Gasteiger partial charge in [-0.3, -0.25) is 0 Å². The number of ether oxygens (including phenoxy) is 2. The van der Waals surface area contributed by atoms with E-state index in [2.05, 4.69) is 51.7 Å². The van der Waals surface area contributed by atoms with Crippen LogP contribution in [0, 0.1) is 0 Å². The van der Waals surface area contributed by atoms with Gasteiger partial charge in [-0.1, -0.05) is 66.2 Å². The molecule has 1 aliphatic heterocycles. The van der Waals surface area contributed by atoms with Crippen LogP contribution in [0.3, 0.4) is 0 Å². The summed E-state index contributed by atoms with van der Waals surface area (Å²) in [6.07, 6.45) is 10.2. The Balaban J connectivity index is 1.36. The molecule has 0 saturated heterocycles. The summed E-state index contributed by atoms with van der Waals surface area (Å²) in [5.41, 5.74) is 6.44. The minimum atomic E-state index is 0.0501. The van der Waals surface area contributed by atoms with Crippen molar-refractivity contribution in [1.29, 1.82) is 0 Å². The molecule has 5 nitrogen and oxygen atoms in total. The number of fused-ring (bicyclic) bond motifs is 1. The number of benzene rings is 3. The number of hydrogen-bond acceptors (Lipinski definition) is 5. The molecule has 0 bridgehead atoms. The van der Waals surface area contributed by atoms with Crippen molar-refractivity contribution in [3.8, 4) is 22.6 Å². The molecule has 1 aliphatic rings. The lowest BCUT2D eigenvalue weighted by Crippen LogP contribution is -2.28. The zero-order valence-corrected chi connectivity index (χ0v) is 20.2. The molecule has 0 amide bonds. The fourth-order valence-corrected chi connectivity index (χ4v) is 4.51. The maximum atomic E-state index is 6.60. The predicted molar refractivity (Wildman–Crippen MR) is 140 cm³/mol. The monoisotopic (exact) mass is 483 g/mol. The molecule has 6 heteroatoms. The average Bonchev–Trinajstić information content (AvgIpc) is 2.91. The summed E-state index contributed by atoms with van der Waals surface area (Å²) in [6, 6.07) is 20.4. The minimum Gasteiger partial charge on any atom is -0.493 e. The van der Waals surface area contributed by atoms with E-state index in [-0.39, 0.29) is 6.04 Å². The van der Waals surface area contributed by atoms with Gasteiger partial charge in [0.2, 0.25) is 0 Å². The maximum Gasteiger partial charge on any atom is 0.161 e. The van der Waals surface area contributed by atoms with Gasteiger partial charge in [0.05, 0.1) is 13.2 Å². The third kappa shape index (κ3) is 5.37. The second-order valence-corrected chi connectivity index (χ2v) is 8.79. The summed E-state index contributed by atoms with van der Waals surface area (Å²) in [7, 11) is 1.68. The summed E-state index contributed by atoms with van der Waals surface area (Å²) < 4.78 is 11.8. The first-order valence-corrected chi connectivity index (χ1v) is 11.9. The molecule has 0 radical (unpaired) electrons. The van der Waals surface area contributed by atoms with Gasteiger partial charge < -0.3 is 14.8 Å². The highest BCUT2D eigenvalue weighted by molar-refractivity contribution is 6.32. The Labute approximate surface area is 210 Å². The molecular formula is C29H26ClN3O2. The van der Waals surface area contributed by atoms with Gasteiger partial charge in [-0.05, 0) is 52.4 Å². The highest BCUT2D eigenvalue weighted by atomic mass is 35.5. The van der Waals surface area contributed by atoms with Gasteiger partial charge in [0.15, 0.2) is 11.5 Å². The van der Waals surface area contributed by atoms with Crippen molar-refractivity contribution < 1.29 is 9.47 Å². The van der Waals surface area contributed by atoms with Crippen LogP contribution in [0.4, 0.5) is 0 Å². The SMILES string of the molecule is COc1cc2c(cc1OCc1ccccc1)CCNC2/C=C/c1ccc(-c2cncnc2)cc1Cl. The predicted octanol–water partition coefficient (Wildman–Crippen LogP) is 6.28. The van der Waals surface area contributed by atoms with Crippen LogP contribution < -0.4 is 14.8 Å². The van der Waals surface area contributed by atoms with Gasteiger partial charge in [-0.2, -0.15) is 0 Å². The summed E-state index contributed by atoms with van der Waals surface area (Å²) in [5, 5.41) is 4.27. The molecule has 35 heavy (non-hydrogen) atoms. The molecule has 2 heterocycles. The van der Waals surface area contributed by atoms with Crippen LogP contribution in [-0.4, -0.2) is 23.6 Å². The lowest BCUT2D eigenvalue weighted by molar-refractivity contribution is 0.283. The normalized spacial score (nSPS) is 15.1. The number of methoxy groups -OCH3 is 1. The summed E-state index contributed by atoms with van der Waals surface area (Å²) in [6.45, 7) is 1.38. The molecule has 4 aromatic rings. The van der Waals surface area contributed by atoms with Gasteiger partial charge in [-0.15, -0.1) is 0 Å². The van der Waals surface area contributed by atoms with Crippen molar-refractivity contribution in [2.24, 2.45) is 0 Å². The number of nitrogens with zero attached hydrogens (tertiary/aromatic N) is 2. The van der Waals surface area contributed by atoms with Crippen molar-refractivity contribution in [2.75, 3.05) is 13.7 Å². The van der Waals surface area contributed by atoms with E-state index in [0.717, 1.165) is 46.7 Å². The maximum absolute atomic E-state index is 6.60. The van der Waals surface area contributed by atoms with Gasteiger partial charge in [0.1, 0.15) is 12.9 Å². The van der Waals surface area contributed by atoms with Gasteiger partial charge in [0, 0.05) is 29.5 Å². The molecule has 0 spiro atoms. The largest absolute Gasteiger partial charge is 0.493 e. The van der Waals surface area contributed by atoms with Crippen molar-refractivity contribution >= 4 is 17.7 Å². The minimum absolute atomic E-state index is 0.0501. The van der Waals surface area contributed by atoms with E-state index in [9.17, 15) is 0 Å². The smallest absolute Gasteiger partial charge is 0.161 e. The Morgan fingerprint density at radius 3 is 2.60 bits per heavy atom. The van der Waals surface area contributed by atoms with E-state index in [4.69, 9.17) is 21.1 Å². The first kappa shape index (κ1) is 23.1. The zero-order chi connectivity index (χ0) is 24.0. The molecule has 1 N–H and O–H groups in total. The molecule has 0 fully saturated rings. The van der Waals surface area contributed by atoms with E-state index in [0.29, 0.717) is 11.6 Å². The third-order valence-electron chi connectivity index (χ3n) is 6.12. The summed E-state index contributed by atoms with van der Waals surface area (Å²) in [4.78, 5) is 8.17. The van der Waals surface area contributed by atoms with E-state index < -0.39 is 0 Å². The first-order chi connectivity index (χ1) is 17.2.